The predicted octanol–water partition coefficient (Wildman–Crippen LogP) is 2.43. The molecule has 1 unspecified atom stereocenters. The summed E-state index contributed by atoms with van der Waals surface area (Å²) in [5, 5.41) is 8.59. The summed E-state index contributed by atoms with van der Waals surface area (Å²) in [5.74, 6) is 0.740. The molecule has 0 bridgehead atoms. The van der Waals surface area contributed by atoms with Gasteiger partial charge in [-0.3, -0.25) is 9.20 Å². The maximum absolute atomic E-state index is 14.1. The van der Waals surface area contributed by atoms with Gasteiger partial charge < -0.3 is 14.7 Å². The van der Waals surface area contributed by atoms with E-state index in [2.05, 4.69) is 15.1 Å². The number of fused-ring (bicyclic) bond motifs is 1. The molecule has 1 aromatic carbocycles. The molecular weight excluding hydrogens is 383 g/mol. The standard InChI is InChI=1S/C22H25FN6O/c23-18-7-1-2-8-19(18)26-12-14-27(15-13-26)21(30)17-6-5-10-28(16-17)22-25-24-20-9-3-4-11-29(20)22/h1-4,7-9,11,17H,5-6,10,12-16H2. The number of para-hydroxylation sites is 1. The minimum Gasteiger partial charge on any atom is -0.366 e. The van der Waals surface area contributed by atoms with Crippen LogP contribution in [0.25, 0.3) is 5.65 Å². The number of hydrogen-bond donors (Lipinski definition) is 0. The Morgan fingerprint density at radius 1 is 0.933 bits per heavy atom. The number of amides is 1. The van der Waals surface area contributed by atoms with Crippen molar-refractivity contribution in [2.24, 2.45) is 5.92 Å². The Bertz CT molecular complexity index is 1040. The van der Waals surface area contributed by atoms with E-state index in [0.717, 1.165) is 31.0 Å². The molecule has 0 radical (unpaired) electrons. The molecule has 2 aromatic heterocycles. The SMILES string of the molecule is O=C(C1CCCN(c2nnc3ccccn23)C1)N1CCN(c2ccccc2F)CC1. The number of benzene rings is 1. The van der Waals surface area contributed by atoms with E-state index in [0.29, 0.717) is 38.4 Å². The smallest absolute Gasteiger partial charge is 0.231 e. The fourth-order valence-corrected chi connectivity index (χ4v) is 4.54. The van der Waals surface area contributed by atoms with Gasteiger partial charge in [-0.1, -0.05) is 18.2 Å². The van der Waals surface area contributed by atoms with Gasteiger partial charge in [0.05, 0.1) is 11.6 Å². The highest BCUT2D eigenvalue weighted by Gasteiger charge is 2.32. The molecule has 0 spiro atoms. The van der Waals surface area contributed by atoms with Crippen LogP contribution in [0, 0.1) is 11.7 Å². The van der Waals surface area contributed by atoms with Crippen molar-refractivity contribution in [3.8, 4) is 0 Å². The Hall–Kier alpha value is -3.16. The zero-order valence-corrected chi connectivity index (χ0v) is 16.8. The summed E-state index contributed by atoms with van der Waals surface area (Å²) in [6.07, 6.45) is 3.80. The van der Waals surface area contributed by atoms with Gasteiger partial charge in [-0.15, -0.1) is 10.2 Å². The maximum Gasteiger partial charge on any atom is 0.231 e. The average molecular weight is 408 g/mol. The highest BCUT2D eigenvalue weighted by molar-refractivity contribution is 5.80. The van der Waals surface area contributed by atoms with Crippen molar-refractivity contribution in [3.05, 3.63) is 54.5 Å². The molecular formula is C22H25FN6O. The zero-order valence-electron chi connectivity index (χ0n) is 16.8. The van der Waals surface area contributed by atoms with Crippen LogP contribution in [0.3, 0.4) is 0 Å². The van der Waals surface area contributed by atoms with Crippen LogP contribution in [0.1, 0.15) is 12.8 Å². The van der Waals surface area contributed by atoms with Crippen LogP contribution < -0.4 is 9.80 Å². The number of carbonyl (C=O) groups excluding carboxylic acids is 1. The molecule has 1 atom stereocenters. The van der Waals surface area contributed by atoms with E-state index in [1.54, 1.807) is 12.1 Å². The quantitative estimate of drug-likeness (QED) is 0.666. The van der Waals surface area contributed by atoms with Crippen LogP contribution in [0.2, 0.25) is 0 Å². The summed E-state index contributed by atoms with van der Waals surface area (Å²) < 4.78 is 16.0. The molecule has 0 N–H and O–H groups in total. The summed E-state index contributed by atoms with van der Waals surface area (Å²) in [4.78, 5) is 19.3. The molecule has 4 heterocycles. The van der Waals surface area contributed by atoms with Gasteiger partial charge in [0.2, 0.25) is 11.9 Å². The molecule has 3 aromatic rings. The lowest BCUT2D eigenvalue weighted by atomic mass is 9.96. The lowest BCUT2D eigenvalue weighted by molar-refractivity contribution is -0.136. The highest BCUT2D eigenvalue weighted by Crippen LogP contribution is 2.25. The Labute approximate surface area is 174 Å². The van der Waals surface area contributed by atoms with Gasteiger partial charge >= 0.3 is 0 Å². The molecule has 30 heavy (non-hydrogen) atoms. The maximum atomic E-state index is 14.1. The molecule has 2 saturated heterocycles. The highest BCUT2D eigenvalue weighted by atomic mass is 19.1. The largest absolute Gasteiger partial charge is 0.366 e. The third-order valence-electron chi connectivity index (χ3n) is 6.13. The van der Waals surface area contributed by atoms with Gasteiger partial charge in [-0.25, -0.2) is 4.39 Å². The van der Waals surface area contributed by atoms with Crippen molar-refractivity contribution >= 4 is 23.2 Å². The molecule has 0 saturated carbocycles. The van der Waals surface area contributed by atoms with Crippen LogP contribution in [-0.2, 0) is 4.79 Å². The normalized spacial score (nSPS) is 20.0. The van der Waals surface area contributed by atoms with Crippen molar-refractivity contribution in [3.63, 3.8) is 0 Å². The summed E-state index contributed by atoms with van der Waals surface area (Å²) >= 11 is 0. The molecule has 0 aliphatic carbocycles. The second-order valence-corrected chi connectivity index (χ2v) is 7.98. The number of piperazine rings is 1. The van der Waals surface area contributed by atoms with Gasteiger partial charge in [0, 0.05) is 45.5 Å². The summed E-state index contributed by atoms with van der Waals surface area (Å²) in [6, 6.07) is 12.7. The fraction of sp³-hybridized carbons (Fsp3) is 0.409. The minimum absolute atomic E-state index is 0.0465. The molecule has 8 heteroatoms. The first-order valence-corrected chi connectivity index (χ1v) is 10.5. The Morgan fingerprint density at radius 3 is 2.57 bits per heavy atom. The number of nitrogens with zero attached hydrogens (tertiary/aromatic N) is 6. The van der Waals surface area contributed by atoms with E-state index in [9.17, 15) is 9.18 Å². The molecule has 2 aliphatic heterocycles. The number of rotatable bonds is 3. The van der Waals surface area contributed by atoms with Crippen LogP contribution in [-0.4, -0.2) is 64.7 Å². The van der Waals surface area contributed by atoms with Crippen molar-refractivity contribution in [1.29, 1.82) is 0 Å². The molecule has 5 rings (SSSR count). The molecule has 2 fully saturated rings. The number of piperidine rings is 1. The molecule has 1 amide bonds. The lowest BCUT2D eigenvalue weighted by Crippen LogP contribution is -2.53. The van der Waals surface area contributed by atoms with E-state index in [1.807, 2.05) is 44.7 Å². The Balaban J connectivity index is 1.24. The van der Waals surface area contributed by atoms with Gasteiger partial charge in [0.25, 0.3) is 0 Å². The second kappa shape index (κ2) is 7.93. The Morgan fingerprint density at radius 2 is 1.73 bits per heavy atom. The number of aromatic nitrogens is 3. The third kappa shape index (κ3) is 3.46. The van der Waals surface area contributed by atoms with Crippen molar-refractivity contribution in [2.45, 2.75) is 12.8 Å². The van der Waals surface area contributed by atoms with Crippen LogP contribution >= 0.6 is 0 Å². The zero-order chi connectivity index (χ0) is 20.5. The topological polar surface area (TPSA) is 57.0 Å². The number of pyridine rings is 1. The van der Waals surface area contributed by atoms with E-state index >= 15 is 0 Å². The van der Waals surface area contributed by atoms with Crippen molar-refractivity contribution in [2.75, 3.05) is 49.1 Å². The van der Waals surface area contributed by atoms with E-state index in [-0.39, 0.29) is 17.6 Å². The van der Waals surface area contributed by atoms with E-state index in [1.165, 1.54) is 6.07 Å². The predicted molar refractivity (Wildman–Crippen MR) is 113 cm³/mol. The second-order valence-electron chi connectivity index (χ2n) is 7.98. The van der Waals surface area contributed by atoms with E-state index in [4.69, 9.17) is 0 Å². The first kappa shape index (κ1) is 18.8. The lowest BCUT2D eigenvalue weighted by Gasteiger charge is -2.39. The minimum atomic E-state index is -0.208. The summed E-state index contributed by atoms with van der Waals surface area (Å²) in [5.41, 5.74) is 1.43. The van der Waals surface area contributed by atoms with Crippen molar-refractivity contribution < 1.29 is 9.18 Å². The molecule has 156 valence electrons. The van der Waals surface area contributed by atoms with Gasteiger partial charge in [-0.05, 0) is 37.1 Å². The first-order valence-electron chi connectivity index (χ1n) is 10.5. The number of halogens is 1. The van der Waals surface area contributed by atoms with Crippen LogP contribution in [0.15, 0.2) is 48.7 Å². The van der Waals surface area contributed by atoms with Crippen molar-refractivity contribution in [1.82, 2.24) is 19.5 Å². The van der Waals surface area contributed by atoms with Gasteiger partial charge in [0.15, 0.2) is 5.65 Å². The number of anilines is 2. The molecule has 7 nitrogen and oxygen atoms in total. The Kier molecular flexibility index (Phi) is 4.98. The summed E-state index contributed by atoms with van der Waals surface area (Å²) in [6.45, 7) is 4.08. The van der Waals surface area contributed by atoms with Crippen LogP contribution in [0.5, 0.6) is 0 Å². The average Bonchev–Trinajstić information content (AvgIpc) is 3.23. The summed E-state index contributed by atoms with van der Waals surface area (Å²) in [7, 11) is 0. The fourth-order valence-electron chi connectivity index (χ4n) is 4.54. The monoisotopic (exact) mass is 408 g/mol. The van der Waals surface area contributed by atoms with Crippen LogP contribution in [0.4, 0.5) is 16.0 Å². The third-order valence-corrected chi connectivity index (χ3v) is 6.13. The van der Waals surface area contributed by atoms with E-state index < -0.39 is 0 Å². The number of carbonyl (C=O) groups is 1. The van der Waals surface area contributed by atoms with Gasteiger partial charge in [-0.2, -0.15) is 0 Å². The first-order chi connectivity index (χ1) is 14.7. The molecule has 2 aliphatic rings. The number of hydrogen-bond acceptors (Lipinski definition) is 5. The van der Waals surface area contributed by atoms with Gasteiger partial charge in [0.1, 0.15) is 5.82 Å².